The molecule has 1 aliphatic rings. The maximum Gasteiger partial charge on any atom is 0.322 e. The summed E-state index contributed by atoms with van der Waals surface area (Å²) in [6.07, 6.45) is 0. The van der Waals surface area contributed by atoms with Crippen LogP contribution in [0.4, 0.5) is 5.69 Å². The third kappa shape index (κ3) is 1.78. The van der Waals surface area contributed by atoms with Gasteiger partial charge in [0.05, 0.1) is 17.8 Å². The monoisotopic (exact) mass is 234 g/mol. The standard InChI is InChI=1S/C11H10N2O4/c12-7(11(16)17)5-13-8-4-2-1-3-6(8)9(14)10(13)15/h1-4,7H,5,12H2,(H,16,17). The van der Waals surface area contributed by atoms with Crippen molar-refractivity contribution >= 4 is 23.3 Å². The Balaban J connectivity index is 2.33. The summed E-state index contributed by atoms with van der Waals surface area (Å²) in [6, 6.07) is 5.22. The van der Waals surface area contributed by atoms with Gasteiger partial charge in [-0.1, -0.05) is 12.1 Å². The van der Waals surface area contributed by atoms with E-state index in [9.17, 15) is 14.4 Å². The van der Waals surface area contributed by atoms with Crippen molar-refractivity contribution in [2.75, 3.05) is 11.4 Å². The molecule has 0 saturated carbocycles. The first-order chi connectivity index (χ1) is 8.02. The van der Waals surface area contributed by atoms with Gasteiger partial charge in [0.2, 0.25) is 0 Å². The lowest BCUT2D eigenvalue weighted by molar-refractivity contribution is -0.138. The van der Waals surface area contributed by atoms with E-state index in [0.29, 0.717) is 5.69 Å². The van der Waals surface area contributed by atoms with E-state index in [1.165, 1.54) is 6.07 Å². The molecule has 6 heteroatoms. The quantitative estimate of drug-likeness (QED) is 0.695. The molecule has 0 radical (unpaired) electrons. The number of nitrogens with two attached hydrogens (primary N) is 1. The van der Waals surface area contributed by atoms with Crippen molar-refractivity contribution < 1.29 is 19.5 Å². The lowest BCUT2D eigenvalue weighted by Crippen LogP contribution is -2.44. The number of aliphatic carboxylic acids is 1. The van der Waals surface area contributed by atoms with Crippen LogP contribution in [0, 0.1) is 0 Å². The molecule has 0 spiro atoms. The van der Waals surface area contributed by atoms with Gasteiger partial charge in [-0.05, 0) is 12.1 Å². The van der Waals surface area contributed by atoms with Gasteiger partial charge in [-0.25, -0.2) is 0 Å². The SMILES string of the molecule is NC(CN1C(=O)C(=O)c2ccccc21)C(=O)O. The molecule has 1 aliphatic heterocycles. The number of benzene rings is 1. The van der Waals surface area contributed by atoms with Crippen molar-refractivity contribution in [1.82, 2.24) is 0 Å². The third-order valence-electron chi connectivity index (χ3n) is 2.58. The Kier molecular flexibility index (Phi) is 2.64. The summed E-state index contributed by atoms with van der Waals surface area (Å²) < 4.78 is 0. The van der Waals surface area contributed by atoms with E-state index in [2.05, 4.69) is 0 Å². The van der Waals surface area contributed by atoms with Crippen LogP contribution in [0.25, 0.3) is 0 Å². The van der Waals surface area contributed by atoms with Crippen LogP contribution in [0.15, 0.2) is 24.3 Å². The highest BCUT2D eigenvalue weighted by Crippen LogP contribution is 2.28. The fraction of sp³-hybridized carbons (Fsp3) is 0.182. The van der Waals surface area contributed by atoms with E-state index in [1.54, 1.807) is 18.2 Å². The normalized spacial score (nSPS) is 15.9. The van der Waals surface area contributed by atoms with Crippen molar-refractivity contribution in [3.63, 3.8) is 0 Å². The van der Waals surface area contributed by atoms with E-state index in [1.807, 2.05) is 0 Å². The maximum atomic E-state index is 11.6. The van der Waals surface area contributed by atoms with Gasteiger partial charge in [0, 0.05) is 0 Å². The zero-order valence-electron chi connectivity index (χ0n) is 8.79. The second-order valence-corrected chi connectivity index (χ2v) is 3.71. The fourth-order valence-electron chi connectivity index (χ4n) is 1.70. The Bertz CT molecular complexity index is 512. The van der Waals surface area contributed by atoms with Crippen LogP contribution in [-0.2, 0) is 9.59 Å². The van der Waals surface area contributed by atoms with E-state index in [4.69, 9.17) is 10.8 Å². The van der Waals surface area contributed by atoms with E-state index < -0.39 is 23.7 Å². The number of hydrogen-bond donors (Lipinski definition) is 2. The summed E-state index contributed by atoms with van der Waals surface area (Å²) >= 11 is 0. The van der Waals surface area contributed by atoms with Gasteiger partial charge < -0.3 is 15.7 Å². The highest BCUT2D eigenvalue weighted by Gasteiger charge is 2.36. The number of rotatable bonds is 3. The number of fused-ring (bicyclic) bond motifs is 1. The van der Waals surface area contributed by atoms with Crippen molar-refractivity contribution in [3.8, 4) is 0 Å². The first-order valence-corrected chi connectivity index (χ1v) is 4.96. The van der Waals surface area contributed by atoms with Gasteiger partial charge in [-0.3, -0.25) is 14.4 Å². The molecule has 1 amide bonds. The van der Waals surface area contributed by atoms with Gasteiger partial charge in [0.15, 0.2) is 0 Å². The minimum atomic E-state index is -1.21. The van der Waals surface area contributed by atoms with Gasteiger partial charge in [0.25, 0.3) is 11.7 Å². The van der Waals surface area contributed by atoms with Crippen molar-refractivity contribution in [1.29, 1.82) is 0 Å². The first kappa shape index (κ1) is 11.3. The van der Waals surface area contributed by atoms with Crippen LogP contribution in [0.1, 0.15) is 10.4 Å². The predicted molar refractivity (Wildman–Crippen MR) is 58.7 cm³/mol. The molecule has 0 bridgehead atoms. The molecule has 1 unspecified atom stereocenters. The molecule has 6 nitrogen and oxygen atoms in total. The fourth-order valence-corrected chi connectivity index (χ4v) is 1.70. The van der Waals surface area contributed by atoms with Crippen LogP contribution in [0.2, 0.25) is 0 Å². The Labute approximate surface area is 96.6 Å². The lowest BCUT2D eigenvalue weighted by Gasteiger charge is -2.18. The van der Waals surface area contributed by atoms with Crippen molar-refractivity contribution in [2.45, 2.75) is 6.04 Å². The molecular weight excluding hydrogens is 224 g/mol. The number of carboxylic acids is 1. The van der Waals surface area contributed by atoms with Crippen LogP contribution in [-0.4, -0.2) is 35.4 Å². The molecule has 0 saturated heterocycles. The van der Waals surface area contributed by atoms with Gasteiger partial charge in [-0.2, -0.15) is 0 Å². The summed E-state index contributed by atoms with van der Waals surface area (Å²) in [5, 5.41) is 8.69. The number of para-hydroxylation sites is 1. The van der Waals surface area contributed by atoms with Gasteiger partial charge in [-0.15, -0.1) is 0 Å². The van der Waals surface area contributed by atoms with Crippen LogP contribution >= 0.6 is 0 Å². The van der Waals surface area contributed by atoms with Crippen LogP contribution in [0.3, 0.4) is 0 Å². The largest absolute Gasteiger partial charge is 0.480 e. The van der Waals surface area contributed by atoms with E-state index in [-0.39, 0.29) is 12.1 Å². The summed E-state index contributed by atoms with van der Waals surface area (Å²) in [4.78, 5) is 35.0. The number of nitrogens with zero attached hydrogens (tertiary/aromatic N) is 1. The lowest BCUT2D eigenvalue weighted by atomic mass is 10.1. The number of carboxylic acid groups (broad SMARTS) is 1. The number of Topliss-reactive ketones (excluding diaryl/α,β-unsaturated/α-hetero) is 1. The Morgan fingerprint density at radius 3 is 2.65 bits per heavy atom. The zero-order chi connectivity index (χ0) is 12.6. The number of hydrogen-bond acceptors (Lipinski definition) is 4. The van der Waals surface area contributed by atoms with Gasteiger partial charge >= 0.3 is 5.97 Å². The van der Waals surface area contributed by atoms with Crippen molar-refractivity contribution in [2.24, 2.45) is 5.73 Å². The highest BCUT2D eigenvalue weighted by atomic mass is 16.4. The number of anilines is 1. The smallest absolute Gasteiger partial charge is 0.322 e. The highest BCUT2D eigenvalue weighted by molar-refractivity contribution is 6.52. The van der Waals surface area contributed by atoms with Crippen molar-refractivity contribution in [3.05, 3.63) is 29.8 Å². The molecular formula is C11H10N2O4. The van der Waals surface area contributed by atoms with E-state index in [0.717, 1.165) is 4.90 Å². The molecule has 0 aromatic heterocycles. The number of ketones is 1. The molecule has 88 valence electrons. The molecule has 1 aromatic rings. The second kappa shape index (κ2) is 3.99. The minimum absolute atomic E-state index is 0.211. The van der Waals surface area contributed by atoms with Crippen LogP contribution < -0.4 is 10.6 Å². The number of carbonyl (C=O) groups excluding carboxylic acids is 2. The van der Waals surface area contributed by atoms with Gasteiger partial charge in [0.1, 0.15) is 6.04 Å². The van der Waals surface area contributed by atoms with Crippen LogP contribution in [0.5, 0.6) is 0 Å². The Morgan fingerprint density at radius 1 is 1.35 bits per heavy atom. The maximum absolute atomic E-state index is 11.6. The number of carbonyl (C=O) groups is 3. The Hall–Kier alpha value is -2.21. The van der Waals surface area contributed by atoms with E-state index >= 15 is 0 Å². The third-order valence-corrected chi connectivity index (χ3v) is 2.58. The predicted octanol–water partition coefficient (Wildman–Crippen LogP) is -0.372. The topological polar surface area (TPSA) is 101 Å². The second-order valence-electron chi connectivity index (χ2n) is 3.71. The molecule has 1 heterocycles. The molecule has 17 heavy (non-hydrogen) atoms. The molecule has 3 N–H and O–H groups in total. The average Bonchev–Trinajstić information content (AvgIpc) is 2.55. The zero-order valence-corrected chi connectivity index (χ0v) is 8.79. The molecule has 1 aromatic carbocycles. The first-order valence-electron chi connectivity index (χ1n) is 4.96. The minimum Gasteiger partial charge on any atom is -0.480 e. The average molecular weight is 234 g/mol. The molecule has 0 aliphatic carbocycles. The summed E-state index contributed by atoms with van der Waals surface area (Å²) in [5.74, 6) is -2.57. The molecule has 0 fully saturated rings. The Morgan fingerprint density at radius 2 is 2.00 bits per heavy atom. The molecule has 1 atom stereocenters. The molecule has 2 rings (SSSR count). The number of amides is 1. The summed E-state index contributed by atoms with van der Waals surface area (Å²) in [7, 11) is 0. The summed E-state index contributed by atoms with van der Waals surface area (Å²) in [5.41, 5.74) is 6.06. The summed E-state index contributed by atoms with van der Waals surface area (Å²) in [6.45, 7) is -0.211.